The number of primary sulfonamides is 1. The molecule has 1 atom stereocenters. The number of sulfonamides is 1. The van der Waals surface area contributed by atoms with E-state index in [0.717, 1.165) is 5.52 Å². The molecule has 1 aromatic heterocycles. The molecule has 0 bridgehead atoms. The smallest absolute Gasteiger partial charge is 0.361 e. The van der Waals surface area contributed by atoms with Crippen molar-refractivity contribution in [1.29, 1.82) is 0 Å². The Hall–Kier alpha value is -2.56. The molecule has 2 heterocycles. The Balaban J connectivity index is 1.81. The number of halogens is 4. The van der Waals surface area contributed by atoms with Crippen LogP contribution in [0.4, 0.5) is 18.9 Å². The van der Waals surface area contributed by atoms with Crippen LogP contribution in [0.3, 0.4) is 0 Å². The number of hydrogen-bond acceptors (Lipinski definition) is 4. The van der Waals surface area contributed by atoms with Crippen LogP contribution in [0.5, 0.6) is 0 Å². The molecule has 0 fully saturated rings. The Bertz CT molecular complexity index is 1220. The summed E-state index contributed by atoms with van der Waals surface area (Å²) in [5.74, 6) is 0. The molecule has 3 aromatic rings. The summed E-state index contributed by atoms with van der Waals surface area (Å²) in [6.45, 7) is 0. The van der Waals surface area contributed by atoms with Crippen molar-refractivity contribution in [2.24, 2.45) is 10.2 Å². The average Bonchev–Trinajstić information content (AvgIpc) is 3.24. The van der Waals surface area contributed by atoms with Crippen molar-refractivity contribution in [2.75, 3.05) is 5.01 Å². The van der Waals surface area contributed by atoms with E-state index >= 15 is 0 Å². The maximum atomic E-state index is 13.4. The summed E-state index contributed by atoms with van der Waals surface area (Å²) in [6.07, 6.45) is -3.32. The van der Waals surface area contributed by atoms with Crippen LogP contribution in [-0.4, -0.2) is 25.3 Å². The highest BCUT2D eigenvalue weighted by Crippen LogP contribution is 2.41. The second-order valence-electron chi connectivity index (χ2n) is 6.58. The summed E-state index contributed by atoms with van der Waals surface area (Å²) in [5.41, 5.74) is 0.711. The zero-order valence-corrected chi connectivity index (χ0v) is 16.2. The van der Waals surface area contributed by atoms with Gasteiger partial charge in [-0.1, -0.05) is 11.6 Å². The van der Waals surface area contributed by atoms with E-state index in [-0.39, 0.29) is 11.3 Å². The fraction of sp³-hybridized carbons (Fsp3) is 0.167. The average molecular weight is 443 g/mol. The second kappa shape index (κ2) is 6.75. The van der Waals surface area contributed by atoms with Crippen molar-refractivity contribution in [3.63, 3.8) is 0 Å². The predicted octanol–water partition coefficient (Wildman–Crippen LogP) is 4.34. The van der Waals surface area contributed by atoms with E-state index in [4.69, 9.17) is 16.7 Å². The fourth-order valence-corrected chi connectivity index (χ4v) is 4.03. The highest BCUT2D eigenvalue weighted by molar-refractivity contribution is 7.89. The van der Waals surface area contributed by atoms with Gasteiger partial charge in [0, 0.05) is 34.1 Å². The maximum absolute atomic E-state index is 13.4. The van der Waals surface area contributed by atoms with Gasteiger partial charge in [0.25, 0.3) is 0 Å². The van der Waals surface area contributed by atoms with Gasteiger partial charge in [-0.15, -0.1) is 0 Å². The highest BCUT2D eigenvalue weighted by Gasteiger charge is 2.44. The molecule has 0 spiro atoms. The maximum Gasteiger partial charge on any atom is 0.431 e. The molecule has 6 nitrogen and oxygen atoms in total. The van der Waals surface area contributed by atoms with Gasteiger partial charge in [0.2, 0.25) is 10.0 Å². The molecule has 152 valence electrons. The third-order valence-electron chi connectivity index (χ3n) is 4.70. The summed E-state index contributed by atoms with van der Waals surface area (Å²) in [7, 11) is -3.92. The Morgan fingerprint density at radius 2 is 1.86 bits per heavy atom. The molecular weight excluding hydrogens is 429 g/mol. The second-order valence-corrected chi connectivity index (χ2v) is 8.58. The van der Waals surface area contributed by atoms with Crippen LogP contribution >= 0.6 is 11.6 Å². The Kier molecular flexibility index (Phi) is 4.60. The van der Waals surface area contributed by atoms with E-state index in [1.54, 1.807) is 24.4 Å². The van der Waals surface area contributed by atoms with E-state index < -0.39 is 28.0 Å². The zero-order chi connectivity index (χ0) is 21.0. The molecule has 0 amide bonds. The van der Waals surface area contributed by atoms with Crippen LogP contribution in [0.25, 0.3) is 10.9 Å². The van der Waals surface area contributed by atoms with Crippen molar-refractivity contribution in [1.82, 2.24) is 4.98 Å². The molecule has 1 aliphatic rings. The Labute approximate surface area is 168 Å². The van der Waals surface area contributed by atoms with Crippen LogP contribution < -0.4 is 10.1 Å². The topological polar surface area (TPSA) is 91.6 Å². The van der Waals surface area contributed by atoms with Gasteiger partial charge in [-0.3, -0.25) is 5.01 Å². The van der Waals surface area contributed by atoms with Crippen molar-refractivity contribution >= 4 is 43.9 Å². The molecule has 4 rings (SSSR count). The van der Waals surface area contributed by atoms with E-state index in [1.165, 1.54) is 29.3 Å². The number of benzene rings is 2. The lowest BCUT2D eigenvalue weighted by Crippen LogP contribution is -2.21. The van der Waals surface area contributed by atoms with Crippen LogP contribution in [0, 0.1) is 0 Å². The largest absolute Gasteiger partial charge is 0.431 e. The van der Waals surface area contributed by atoms with Crippen molar-refractivity contribution in [2.45, 2.75) is 23.5 Å². The lowest BCUT2D eigenvalue weighted by molar-refractivity contribution is -0.0600. The quantitative estimate of drug-likeness (QED) is 0.632. The van der Waals surface area contributed by atoms with E-state index in [1.807, 2.05) is 0 Å². The molecule has 0 saturated heterocycles. The molecule has 1 unspecified atom stereocenters. The Morgan fingerprint density at radius 1 is 1.17 bits per heavy atom. The van der Waals surface area contributed by atoms with Crippen molar-refractivity contribution in [3.8, 4) is 0 Å². The SMILES string of the molecule is NS(=O)(=O)c1ccc(N2N=C(C(F)(F)F)CC2c2c[nH]c3ccc(Cl)cc23)cc1. The minimum Gasteiger partial charge on any atom is -0.361 e. The third-order valence-corrected chi connectivity index (χ3v) is 5.87. The summed E-state index contributed by atoms with van der Waals surface area (Å²) in [6, 6.07) is 9.56. The van der Waals surface area contributed by atoms with Crippen molar-refractivity contribution < 1.29 is 21.6 Å². The lowest BCUT2D eigenvalue weighted by atomic mass is 10.0. The number of anilines is 1. The number of aromatic nitrogens is 1. The van der Waals surface area contributed by atoms with Gasteiger partial charge in [-0.25, -0.2) is 13.6 Å². The monoisotopic (exact) mass is 442 g/mol. The molecule has 0 radical (unpaired) electrons. The molecule has 29 heavy (non-hydrogen) atoms. The number of alkyl halides is 3. The zero-order valence-electron chi connectivity index (χ0n) is 14.6. The van der Waals surface area contributed by atoms with Crippen LogP contribution in [-0.2, 0) is 10.0 Å². The van der Waals surface area contributed by atoms with Crippen molar-refractivity contribution in [3.05, 3.63) is 59.2 Å². The first kappa shape index (κ1) is 19.7. The molecule has 0 aliphatic carbocycles. The van der Waals surface area contributed by atoms with Gasteiger partial charge in [0.15, 0.2) is 0 Å². The lowest BCUT2D eigenvalue weighted by Gasteiger charge is -2.23. The number of rotatable bonds is 3. The number of hydrazone groups is 1. The number of H-pyrrole nitrogens is 1. The standard InChI is InChI=1S/C18H14ClF3N4O2S/c19-10-1-6-15-13(7-10)14(9-24-15)16-8-17(18(20,21)22)25-26(16)11-2-4-12(5-3-11)29(23,27)28/h1-7,9,16,24H,8H2,(H2,23,27,28). The normalized spacial score (nSPS) is 17.8. The van der Waals surface area contributed by atoms with Gasteiger partial charge in [-0.05, 0) is 42.5 Å². The number of aromatic amines is 1. The van der Waals surface area contributed by atoms with Crippen LogP contribution in [0.1, 0.15) is 18.0 Å². The Morgan fingerprint density at radius 3 is 2.48 bits per heavy atom. The summed E-state index contributed by atoms with van der Waals surface area (Å²) in [5, 5.41) is 11.2. The van der Waals surface area contributed by atoms with Gasteiger partial charge >= 0.3 is 6.18 Å². The summed E-state index contributed by atoms with van der Waals surface area (Å²) >= 11 is 6.06. The van der Waals surface area contributed by atoms with E-state index in [0.29, 0.717) is 21.7 Å². The first-order valence-electron chi connectivity index (χ1n) is 8.37. The van der Waals surface area contributed by atoms with Crippen LogP contribution in [0.2, 0.25) is 5.02 Å². The van der Waals surface area contributed by atoms with Gasteiger partial charge in [-0.2, -0.15) is 18.3 Å². The molecular formula is C18H14ClF3N4O2S. The first-order valence-corrected chi connectivity index (χ1v) is 10.3. The number of nitrogens with one attached hydrogen (secondary N) is 1. The van der Waals surface area contributed by atoms with E-state index in [9.17, 15) is 21.6 Å². The number of nitrogens with zero attached hydrogens (tertiary/aromatic N) is 2. The number of nitrogens with two attached hydrogens (primary N) is 1. The summed E-state index contributed by atoms with van der Waals surface area (Å²) in [4.78, 5) is 2.89. The molecule has 0 saturated carbocycles. The minimum atomic E-state index is -4.59. The molecule has 2 aromatic carbocycles. The fourth-order valence-electron chi connectivity index (χ4n) is 3.34. The van der Waals surface area contributed by atoms with Gasteiger partial charge < -0.3 is 4.98 Å². The van der Waals surface area contributed by atoms with Crippen LogP contribution in [0.15, 0.2) is 58.7 Å². The predicted molar refractivity (Wildman–Crippen MR) is 104 cm³/mol. The number of fused-ring (bicyclic) bond motifs is 1. The summed E-state index contributed by atoms with van der Waals surface area (Å²) < 4.78 is 63.0. The van der Waals surface area contributed by atoms with E-state index in [2.05, 4.69) is 10.1 Å². The highest BCUT2D eigenvalue weighted by atomic mass is 35.5. The molecule has 1 aliphatic heterocycles. The first-order chi connectivity index (χ1) is 13.5. The van der Waals surface area contributed by atoms with Gasteiger partial charge in [0.1, 0.15) is 5.71 Å². The third kappa shape index (κ3) is 3.70. The number of hydrogen-bond donors (Lipinski definition) is 2. The minimum absolute atomic E-state index is 0.143. The molecule has 3 N–H and O–H groups in total. The van der Waals surface area contributed by atoms with Gasteiger partial charge in [0.05, 0.1) is 16.6 Å². The molecule has 11 heteroatoms.